The molecule has 7 heteroatoms. The van der Waals surface area contributed by atoms with Crippen LogP contribution >= 0.6 is 11.6 Å². The Morgan fingerprint density at radius 1 is 1.14 bits per heavy atom. The van der Waals surface area contributed by atoms with E-state index in [4.69, 9.17) is 11.6 Å². The maximum atomic E-state index is 12.6. The fourth-order valence-corrected chi connectivity index (χ4v) is 3.45. The molecule has 0 bridgehead atoms. The van der Waals surface area contributed by atoms with Crippen LogP contribution in [0.1, 0.15) is 10.4 Å². The van der Waals surface area contributed by atoms with Crippen molar-refractivity contribution in [1.82, 2.24) is 0 Å². The minimum Gasteiger partial charge on any atom is -0.545 e. The number of hydrogen-bond acceptors (Lipinski definition) is 4. The molecule has 2 rings (SSSR count). The fraction of sp³-hybridized carbons (Fsp3) is 0.0714. The minimum absolute atomic E-state index is 0.0530. The van der Waals surface area contributed by atoms with Gasteiger partial charge in [-0.25, -0.2) is 8.42 Å². The summed E-state index contributed by atoms with van der Waals surface area (Å²) in [6.45, 7) is 0. The first-order valence-corrected chi connectivity index (χ1v) is 7.70. The molecule has 0 unspecified atom stereocenters. The number of aromatic carboxylic acids is 1. The molecule has 0 aliphatic heterocycles. The van der Waals surface area contributed by atoms with Crippen molar-refractivity contribution >= 4 is 33.3 Å². The highest BCUT2D eigenvalue weighted by atomic mass is 35.5. The summed E-state index contributed by atoms with van der Waals surface area (Å²) < 4.78 is 26.1. The summed E-state index contributed by atoms with van der Waals surface area (Å²) in [5.41, 5.74) is 0.187. The molecular formula is C14H11ClNO4S-. The van der Waals surface area contributed by atoms with Gasteiger partial charge in [-0.1, -0.05) is 35.9 Å². The Bertz CT molecular complexity index is 775. The van der Waals surface area contributed by atoms with Gasteiger partial charge in [0.05, 0.1) is 16.7 Å². The summed E-state index contributed by atoms with van der Waals surface area (Å²) in [7, 11) is -2.60. The Balaban J connectivity index is 2.54. The van der Waals surface area contributed by atoms with Gasteiger partial charge in [0.25, 0.3) is 10.0 Å². The van der Waals surface area contributed by atoms with Gasteiger partial charge in [0.1, 0.15) is 4.90 Å². The molecule has 0 amide bonds. The van der Waals surface area contributed by atoms with E-state index in [0.717, 1.165) is 10.4 Å². The van der Waals surface area contributed by atoms with Crippen molar-refractivity contribution in [3.05, 3.63) is 59.1 Å². The van der Waals surface area contributed by atoms with Gasteiger partial charge in [0, 0.05) is 7.05 Å². The van der Waals surface area contributed by atoms with Gasteiger partial charge < -0.3 is 9.90 Å². The zero-order valence-corrected chi connectivity index (χ0v) is 12.6. The van der Waals surface area contributed by atoms with Crippen molar-refractivity contribution in [2.75, 3.05) is 11.4 Å². The molecule has 110 valence electrons. The second-order valence-corrected chi connectivity index (χ2v) is 6.59. The van der Waals surface area contributed by atoms with Gasteiger partial charge in [0.2, 0.25) is 0 Å². The van der Waals surface area contributed by atoms with E-state index < -0.39 is 16.0 Å². The summed E-state index contributed by atoms with van der Waals surface area (Å²) in [4.78, 5) is 10.6. The number of carboxylic acids is 1. The number of carbonyl (C=O) groups is 1. The lowest BCUT2D eigenvalue weighted by Crippen LogP contribution is -2.28. The maximum Gasteiger partial charge on any atom is 0.265 e. The van der Waals surface area contributed by atoms with Gasteiger partial charge in [-0.05, 0) is 29.8 Å². The Kier molecular flexibility index (Phi) is 4.20. The van der Waals surface area contributed by atoms with Crippen molar-refractivity contribution in [3.63, 3.8) is 0 Å². The first-order valence-electron chi connectivity index (χ1n) is 5.89. The number of halogens is 1. The van der Waals surface area contributed by atoms with E-state index in [1.54, 1.807) is 30.3 Å². The highest BCUT2D eigenvalue weighted by Gasteiger charge is 2.24. The topological polar surface area (TPSA) is 77.5 Å². The monoisotopic (exact) mass is 324 g/mol. The lowest BCUT2D eigenvalue weighted by molar-refractivity contribution is -0.255. The summed E-state index contributed by atoms with van der Waals surface area (Å²) in [6.07, 6.45) is 0. The number of carbonyl (C=O) groups excluding carboxylic acids is 1. The molecule has 0 radical (unpaired) electrons. The van der Waals surface area contributed by atoms with Crippen LogP contribution in [0.3, 0.4) is 0 Å². The summed E-state index contributed by atoms with van der Waals surface area (Å²) >= 11 is 5.90. The van der Waals surface area contributed by atoms with Gasteiger partial charge in [-0.2, -0.15) is 0 Å². The molecule has 2 aromatic carbocycles. The third kappa shape index (κ3) is 3.01. The number of benzene rings is 2. The van der Waals surface area contributed by atoms with Gasteiger partial charge in [-0.3, -0.25) is 4.31 Å². The van der Waals surface area contributed by atoms with Gasteiger partial charge in [0.15, 0.2) is 0 Å². The van der Waals surface area contributed by atoms with Gasteiger partial charge >= 0.3 is 0 Å². The molecule has 0 saturated heterocycles. The van der Waals surface area contributed by atoms with E-state index in [2.05, 4.69) is 0 Å². The molecule has 0 saturated carbocycles. The molecular weight excluding hydrogens is 314 g/mol. The highest BCUT2D eigenvalue weighted by molar-refractivity contribution is 7.93. The van der Waals surface area contributed by atoms with E-state index in [1.807, 2.05) is 0 Å². The van der Waals surface area contributed by atoms with Crippen molar-refractivity contribution in [3.8, 4) is 0 Å². The Hall–Kier alpha value is -2.05. The van der Waals surface area contributed by atoms with Crippen LogP contribution in [0, 0.1) is 0 Å². The number of hydrogen-bond donors (Lipinski definition) is 0. The van der Waals surface area contributed by atoms with Crippen LogP contribution in [-0.2, 0) is 10.0 Å². The molecule has 0 aliphatic carbocycles. The Morgan fingerprint density at radius 2 is 1.76 bits per heavy atom. The first kappa shape index (κ1) is 15.3. The van der Waals surface area contributed by atoms with Crippen LogP contribution in [0.5, 0.6) is 0 Å². The molecule has 0 N–H and O–H groups in total. The molecule has 0 aliphatic rings. The average Bonchev–Trinajstić information content (AvgIpc) is 2.47. The molecule has 0 atom stereocenters. The normalized spacial score (nSPS) is 11.1. The maximum absolute atomic E-state index is 12.6. The number of sulfonamides is 1. The van der Waals surface area contributed by atoms with Crippen LogP contribution in [-0.4, -0.2) is 21.4 Å². The van der Waals surface area contributed by atoms with E-state index in [0.29, 0.717) is 5.69 Å². The number of nitrogens with zero attached hydrogens (tertiary/aromatic N) is 1. The Morgan fingerprint density at radius 3 is 2.33 bits per heavy atom. The standard InChI is InChI=1S/C14H12ClNO4S/c1-16(11-5-3-2-4-6-11)21(19,20)13-9-10(14(17)18)7-8-12(13)15/h2-9H,1H3,(H,17,18)/p-1. The van der Waals surface area contributed by atoms with E-state index in [9.17, 15) is 18.3 Å². The van der Waals surface area contributed by atoms with Crippen LogP contribution in [0.2, 0.25) is 5.02 Å². The Labute approximate surface area is 127 Å². The molecule has 2 aromatic rings. The lowest BCUT2D eigenvalue weighted by Gasteiger charge is -2.20. The number of rotatable bonds is 4. The second-order valence-electron chi connectivity index (χ2n) is 4.24. The molecule has 0 spiro atoms. The molecule has 0 fully saturated rings. The molecule has 5 nitrogen and oxygen atoms in total. The van der Waals surface area contributed by atoms with E-state index in [-0.39, 0.29) is 15.5 Å². The summed E-state index contributed by atoms with van der Waals surface area (Å²) in [5, 5.41) is 10.8. The van der Waals surface area contributed by atoms with Crippen LogP contribution < -0.4 is 9.41 Å². The smallest absolute Gasteiger partial charge is 0.265 e. The average molecular weight is 325 g/mol. The summed E-state index contributed by atoms with van der Waals surface area (Å²) in [5.74, 6) is -1.47. The summed E-state index contributed by atoms with van der Waals surface area (Å²) in [6, 6.07) is 11.8. The van der Waals surface area contributed by atoms with Crippen molar-refractivity contribution < 1.29 is 18.3 Å². The predicted molar refractivity (Wildman–Crippen MR) is 77.8 cm³/mol. The first-order chi connectivity index (χ1) is 9.84. The van der Waals surface area contributed by atoms with Crippen molar-refractivity contribution in [1.29, 1.82) is 0 Å². The van der Waals surface area contributed by atoms with Gasteiger partial charge in [-0.15, -0.1) is 0 Å². The van der Waals surface area contributed by atoms with E-state index in [1.165, 1.54) is 19.2 Å². The predicted octanol–water partition coefficient (Wildman–Crippen LogP) is 1.53. The molecule has 0 aromatic heterocycles. The van der Waals surface area contributed by atoms with Crippen LogP contribution in [0.4, 0.5) is 5.69 Å². The third-order valence-corrected chi connectivity index (χ3v) is 5.19. The minimum atomic E-state index is -3.97. The second kappa shape index (κ2) is 5.75. The quantitative estimate of drug-likeness (QED) is 0.854. The number of para-hydroxylation sites is 1. The highest BCUT2D eigenvalue weighted by Crippen LogP contribution is 2.28. The third-order valence-electron chi connectivity index (χ3n) is 2.93. The van der Waals surface area contributed by atoms with Crippen molar-refractivity contribution in [2.24, 2.45) is 0 Å². The number of carboxylic acid groups (broad SMARTS) is 1. The van der Waals surface area contributed by atoms with Crippen molar-refractivity contribution in [2.45, 2.75) is 4.90 Å². The van der Waals surface area contributed by atoms with Crippen LogP contribution in [0.15, 0.2) is 53.4 Å². The SMILES string of the molecule is CN(c1ccccc1)S(=O)(=O)c1cc(C(=O)[O-])ccc1Cl. The van der Waals surface area contributed by atoms with E-state index >= 15 is 0 Å². The fourth-order valence-electron chi connectivity index (χ4n) is 1.75. The molecule has 0 heterocycles. The zero-order valence-electron chi connectivity index (χ0n) is 11.0. The molecule has 21 heavy (non-hydrogen) atoms. The largest absolute Gasteiger partial charge is 0.545 e. The van der Waals surface area contributed by atoms with Crippen LogP contribution in [0.25, 0.3) is 0 Å². The lowest BCUT2D eigenvalue weighted by atomic mass is 10.2. The zero-order chi connectivity index (χ0) is 15.6. The number of anilines is 1.